The summed E-state index contributed by atoms with van der Waals surface area (Å²) in [5, 5.41) is 0. The topological polar surface area (TPSA) is 55.4 Å². The third kappa shape index (κ3) is 4.88. The normalized spacial score (nSPS) is 12.1. The Kier molecular flexibility index (Phi) is 5.31. The molecule has 4 nitrogen and oxygen atoms in total. The highest BCUT2D eigenvalue weighted by molar-refractivity contribution is 7.92. The molecule has 0 unspecified atom stereocenters. The molecule has 0 aliphatic rings. The van der Waals surface area contributed by atoms with Crippen LogP contribution in [0.4, 0.5) is 18.9 Å². The summed E-state index contributed by atoms with van der Waals surface area (Å²) in [6.45, 7) is 3.68. The number of hydrogen-bond donors (Lipinski definition) is 1. The zero-order chi connectivity index (χ0) is 18.8. The molecule has 2 rings (SSSR count). The standard InChI is InChI=1S/C17H18F3NO3S/c1-11-8-12(2)16(13(3)9-11)25(22,23)21-14-6-4-5-7-15(14)24-10-17(18,19)20/h4-9,21H,10H2,1-3H3. The molecule has 8 heteroatoms. The first-order valence-corrected chi connectivity index (χ1v) is 8.87. The predicted octanol–water partition coefficient (Wildman–Crippen LogP) is 4.35. The van der Waals surface area contributed by atoms with E-state index in [2.05, 4.69) is 4.72 Å². The van der Waals surface area contributed by atoms with Crippen LogP contribution in [-0.4, -0.2) is 21.2 Å². The molecule has 0 radical (unpaired) electrons. The summed E-state index contributed by atoms with van der Waals surface area (Å²) < 4.78 is 69.5. The van der Waals surface area contributed by atoms with E-state index in [9.17, 15) is 21.6 Å². The summed E-state index contributed by atoms with van der Waals surface area (Å²) in [4.78, 5) is 0.101. The maximum Gasteiger partial charge on any atom is 0.422 e. The van der Waals surface area contributed by atoms with Gasteiger partial charge in [-0.15, -0.1) is 0 Å². The highest BCUT2D eigenvalue weighted by atomic mass is 32.2. The monoisotopic (exact) mass is 373 g/mol. The molecule has 0 amide bonds. The van der Waals surface area contributed by atoms with Crippen LogP contribution in [-0.2, 0) is 10.0 Å². The third-order valence-corrected chi connectivity index (χ3v) is 5.07. The van der Waals surface area contributed by atoms with Crippen LogP contribution in [0.2, 0.25) is 0 Å². The Labute approximate surface area is 144 Å². The van der Waals surface area contributed by atoms with Gasteiger partial charge in [0.15, 0.2) is 6.61 Å². The van der Waals surface area contributed by atoms with Gasteiger partial charge in [0.05, 0.1) is 10.6 Å². The second-order valence-electron chi connectivity index (χ2n) is 5.73. The summed E-state index contributed by atoms with van der Waals surface area (Å²) in [6, 6.07) is 9.06. The van der Waals surface area contributed by atoms with Crippen LogP contribution < -0.4 is 9.46 Å². The molecule has 136 valence electrons. The van der Waals surface area contributed by atoms with Gasteiger partial charge >= 0.3 is 6.18 Å². The Morgan fingerprint density at radius 2 is 1.60 bits per heavy atom. The van der Waals surface area contributed by atoms with E-state index in [4.69, 9.17) is 4.74 Å². The minimum absolute atomic E-state index is 0.0499. The first kappa shape index (κ1) is 19.1. The van der Waals surface area contributed by atoms with Gasteiger partial charge in [0.2, 0.25) is 0 Å². The molecule has 0 bridgehead atoms. The SMILES string of the molecule is Cc1cc(C)c(S(=O)(=O)Nc2ccccc2OCC(F)(F)F)c(C)c1. The van der Waals surface area contributed by atoms with Crippen molar-refractivity contribution in [2.24, 2.45) is 0 Å². The zero-order valence-electron chi connectivity index (χ0n) is 13.9. The van der Waals surface area contributed by atoms with Gasteiger partial charge in [-0.3, -0.25) is 4.72 Å². The molecule has 0 aliphatic carbocycles. The summed E-state index contributed by atoms with van der Waals surface area (Å²) >= 11 is 0. The number of nitrogens with one attached hydrogen (secondary N) is 1. The molecule has 0 aliphatic heterocycles. The summed E-state index contributed by atoms with van der Waals surface area (Å²) in [6.07, 6.45) is -4.52. The Morgan fingerprint density at radius 3 is 2.16 bits per heavy atom. The van der Waals surface area contributed by atoms with E-state index in [0.29, 0.717) is 11.1 Å². The zero-order valence-corrected chi connectivity index (χ0v) is 14.8. The molecule has 2 aromatic rings. The fourth-order valence-corrected chi connectivity index (χ4v) is 4.15. The Bertz CT molecular complexity index is 854. The lowest BCUT2D eigenvalue weighted by Crippen LogP contribution is -2.21. The Hall–Kier alpha value is -2.22. The first-order chi connectivity index (χ1) is 11.5. The van der Waals surface area contributed by atoms with Crippen molar-refractivity contribution in [2.45, 2.75) is 31.8 Å². The molecular weight excluding hydrogens is 355 g/mol. The second-order valence-corrected chi connectivity index (χ2v) is 7.35. The molecule has 0 atom stereocenters. The summed E-state index contributed by atoms with van der Waals surface area (Å²) in [5.74, 6) is -0.189. The van der Waals surface area contributed by atoms with Crippen molar-refractivity contribution >= 4 is 15.7 Å². The van der Waals surface area contributed by atoms with Crippen molar-refractivity contribution in [3.8, 4) is 5.75 Å². The maximum atomic E-state index is 12.7. The van der Waals surface area contributed by atoms with Crippen LogP contribution in [0.5, 0.6) is 5.75 Å². The van der Waals surface area contributed by atoms with Crippen molar-refractivity contribution in [2.75, 3.05) is 11.3 Å². The summed E-state index contributed by atoms with van der Waals surface area (Å²) in [5.41, 5.74) is 1.98. The van der Waals surface area contributed by atoms with E-state index in [-0.39, 0.29) is 16.3 Å². The molecule has 25 heavy (non-hydrogen) atoms. The van der Waals surface area contributed by atoms with Crippen molar-refractivity contribution < 1.29 is 26.3 Å². The number of alkyl halides is 3. The van der Waals surface area contributed by atoms with E-state index < -0.39 is 22.8 Å². The second kappa shape index (κ2) is 6.95. The molecular formula is C17H18F3NO3S. The quantitative estimate of drug-likeness (QED) is 0.848. The molecule has 0 spiro atoms. The number of aryl methyl sites for hydroxylation is 3. The Morgan fingerprint density at radius 1 is 1.04 bits per heavy atom. The molecule has 0 saturated carbocycles. The number of benzene rings is 2. The minimum atomic E-state index is -4.52. The van der Waals surface area contributed by atoms with Crippen LogP contribution in [0.1, 0.15) is 16.7 Å². The number of para-hydroxylation sites is 2. The van der Waals surface area contributed by atoms with Crippen LogP contribution in [0, 0.1) is 20.8 Å². The smallest absolute Gasteiger partial charge is 0.422 e. The third-order valence-electron chi connectivity index (χ3n) is 3.40. The van der Waals surface area contributed by atoms with Gasteiger partial charge in [-0.25, -0.2) is 8.42 Å². The molecule has 1 N–H and O–H groups in total. The summed E-state index contributed by atoms with van der Waals surface area (Å²) in [7, 11) is -3.98. The number of rotatable bonds is 5. The predicted molar refractivity (Wildman–Crippen MR) is 89.5 cm³/mol. The van der Waals surface area contributed by atoms with Gasteiger partial charge in [-0.1, -0.05) is 29.8 Å². The average Bonchev–Trinajstić information content (AvgIpc) is 2.43. The van der Waals surface area contributed by atoms with E-state index >= 15 is 0 Å². The van der Waals surface area contributed by atoms with Crippen LogP contribution in [0.25, 0.3) is 0 Å². The lowest BCUT2D eigenvalue weighted by Gasteiger charge is -2.17. The number of hydrogen-bond acceptors (Lipinski definition) is 3. The van der Waals surface area contributed by atoms with Crippen LogP contribution in [0.15, 0.2) is 41.3 Å². The van der Waals surface area contributed by atoms with Gasteiger partial charge in [0.25, 0.3) is 10.0 Å². The number of anilines is 1. The average molecular weight is 373 g/mol. The van der Waals surface area contributed by atoms with Crippen LogP contribution >= 0.6 is 0 Å². The van der Waals surface area contributed by atoms with Crippen molar-refractivity contribution in [3.05, 3.63) is 53.1 Å². The van der Waals surface area contributed by atoms with Gasteiger partial charge < -0.3 is 4.74 Å². The number of ether oxygens (including phenoxy) is 1. The van der Waals surface area contributed by atoms with E-state index in [0.717, 1.165) is 5.56 Å². The molecule has 2 aromatic carbocycles. The lowest BCUT2D eigenvalue weighted by atomic mass is 10.1. The molecule has 0 fully saturated rings. The van der Waals surface area contributed by atoms with E-state index in [1.165, 1.54) is 24.3 Å². The van der Waals surface area contributed by atoms with Crippen molar-refractivity contribution in [1.29, 1.82) is 0 Å². The molecule has 0 heterocycles. The maximum absolute atomic E-state index is 12.7. The van der Waals surface area contributed by atoms with Gasteiger partial charge in [-0.2, -0.15) is 13.2 Å². The van der Waals surface area contributed by atoms with E-state index in [1.807, 2.05) is 6.92 Å². The van der Waals surface area contributed by atoms with Gasteiger partial charge in [-0.05, 0) is 44.0 Å². The number of sulfonamides is 1. The highest BCUT2D eigenvalue weighted by Gasteiger charge is 2.29. The van der Waals surface area contributed by atoms with Gasteiger partial charge in [0, 0.05) is 0 Å². The largest absolute Gasteiger partial charge is 0.482 e. The number of halogens is 3. The van der Waals surface area contributed by atoms with Crippen LogP contribution in [0.3, 0.4) is 0 Å². The highest BCUT2D eigenvalue weighted by Crippen LogP contribution is 2.30. The first-order valence-electron chi connectivity index (χ1n) is 7.39. The van der Waals surface area contributed by atoms with Crippen molar-refractivity contribution in [1.82, 2.24) is 0 Å². The molecule has 0 saturated heterocycles. The minimum Gasteiger partial charge on any atom is -0.482 e. The van der Waals surface area contributed by atoms with E-state index in [1.54, 1.807) is 26.0 Å². The lowest BCUT2D eigenvalue weighted by molar-refractivity contribution is -0.153. The van der Waals surface area contributed by atoms with Crippen molar-refractivity contribution in [3.63, 3.8) is 0 Å². The molecule has 0 aromatic heterocycles. The Balaban J connectivity index is 2.36. The van der Waals surface area contributed by atoms with Gasteiger partial charge in [0.1, 0.15) is 5.75 Å². The fraction of sp³-hybridized carbons (Fsp3) is 0.294. The fourth-order valence-electron chi connectivity index (χ4n) is 2.62.